The van der Waals surface area contributed by atoms with Crippen molar-refractivity contribution in [3.63, 3.8) is 0 Å². The van der Waals surface area contributed by atoms with E-state index in [4.69, 9.17) is 10.8 Å². The number of amides is 3. The molecule has 0 heterocycles. The molecule has 7 nitrogen and oxygen atoms in total. The van der Waals surface area contributed by atoms with Gasteiger partial charge in [0.05, 0.1) is 0 Å². The summed E-state index contributed by atoms with van der Waals surface area (Å²) < 4.78 is 0. The Morgan fingerprint density at radius 1 is 1.38 bits per heavy atom. The summed E-state index contributed by atoms with van der Waals surface area (Å²) >= 11 is 1.52. The van der Waals surface area contributed by atoms with Crippen molar-refractivity contribution in [3.05, 3.63) is 0 Å². The van der Waals surface area contributed by atoms with Crippen molar-refractivity contribution in [1.82, 2.24) is 10.2 Å². The number of nitrogens with zero attached hydrogens (tertiary/aromatic N) is 1. The van der Waals surface area contributed by atoms with Crippen LogP contribution in [0.3, 0.4) is 0 Å². The molecular weight excluding hydrogens is 294 g/mol. The van der Waals surface area contributed by atoms with Gasteiger partial charge in [0.2, 0.25) is 5.91 Å². The number of aliphatic carboxylic acids is 1. The zero-order chi connectivity index (χ0) is 15.8. The molecule has 1 fully saturated rings. The van der Waals surface area contributed by atoms with Crippen molar-refractivity contribution in [3.8, 4) is 0 Å². The van der Waals surface area contributed by atoms with Gasteiger partial charge in [-0.3, -0.25) is 4.79 Å². The SMILES string of the molecule is CSCCC(NC(=O)N(CC(N)=O)C1CCCC1)C(=O)O. The molecule has 0 radical (unpaired) electrons. The molecule has 0 bridgehead atoms. The molecular formula is C13H23N3O4S. The first-order valence-corrected chi connectivity index (χ1v) is 8.42. The van der Waals surface area contributed by atoms with Crippen LogP contribution >= 0.6 is 11.8 Å². The molecule has 21 heavy (non-hydrogen) atoms. The summed E-state index contributed by atoms with van der Waals surface area (Å²) in [4.78, 5) is 36.0. The Hall–Kier alpha value is -1.44. The minimum atomic E-state index is -1.07. The number of carbonyl (C=O) groups excluding carboxylic acids is 2. The number of rotatable bonds is 8. The van der Waals surface area contributed by atoms with Gasteiger partial charge in [-0.15, -0.1) is 0 Å². The summed E-state index contributed by atoms with van der Waals surface area (Å²) in [5.74, 6) is -1.02. The van der Waals surface area contributed by atoms with Crippen LogP contribution in [0.15, 0.2) is 0 Å². The third-order valence-electron chi connectivity index (χ3n) is 3.56. The highest BCUT2D eigenvalue weighted by Gasteiger charge is 2.30. The number of carboxylic acids is 1. The van der Waals surface area contributed by atoms with Gasteiger partial charge in [0, 0.05) is 6.04 Å². The topological polar surface area (TPSA) is 113 Å². The lowest BCUT2D eigenvalue weighted by molar-refractivity contribution is -0.139. The van der Waals surface area contributed by atoms with E-state index < -0.39 is 23.9 Å². The van der Waals surface area contributed by atoms with Crippen LogP contribution in [-0.4, -0.2) is 58.6 Å². The van der Waals surface area contributed by atoms with Crippen LogP contribution < -0.4 is 11.1 Å². The first-order chi connectivity index (χ1) is 9.95. The summed E-state index contributed by atoms with van der Waals surface area (Å²) in [6.45, 7) is -0.175. The lowest BCUT2D eigenvalue weighted by atomic mass is 10.2. The number of nitrogens with two attached hydrogens (primary N) is 1. The molecule has 1 atom stereocenters. The molecule has 1 aliphatic carbocycles. The Kier molecular flexibility index (Phi) is 7.35. The fraction of sp³-hybridized carbons (Fsp3) is 0.769. The number of primary amides is 1. The predicted molar refractivity (Wildman–Crippen MR) is 81.1 cm³/mol. The summed E-state index contributed by atoms with van der Waals surface area (Å²) in [7, 11) is 0. The summed E-state index contributed by atoms with van der Waals surface area (Å²) in [5.41, 5.74) is 5.19. The lowest BCUT2D eigenvalue weighted by Crippen LogP contribution is -2.53. The van der Waals surface area contributed by atoms with Gasteiger partial charge >= 0.3 is 12.0 Å². The molecule has 0 aromatic rings. The molecule has 0 spiro atoms. The van der Waals surface area contributed by atoms with Crippen LogP contribution in [0.4, 0.5) is 4.79 Å². The zero-order valence-electron chi connectivity index (χ0n) is 12.2. The second-order valence-electron chi connectivity index (χ2n) is 5.15. The van der Waals surface area contributed by atoms with E-state index in [0.717, 1.165) is 25.7 Å². The van der Waals surface area contributed by atoms with Gasteiger partial charge in [-0.2, -0.15) is 11.8 Å². The number of urea groups is 1. The Labute approximate surface area is 128 Å². The third-order valence-corrected chi connectivity index (χ3v) is 4.20. The first-order valence-electron chi connectivity index (χ1n) is 7.03. The maximum absolute atomic E-state index is 12.3. The first kappa shape index (κ1) is 17.6. The van der Waals surface area contributed by atoms with E-state index in [2.05, 4.69) is 5.32 Å². The molecule has 1 unspecified atom stereocenters. The van der Waals surface area contributed by atoms with E-state index in [0.29, 0.717) is 12.2 Å². The average molecular weight is 317 g/mol. The molecule has 0 aliphatic heterocycles. The Bertz CT molecular complexity index is 386. The van der Waals surface area contributed by atoms with Crippen LogP contribution in [0.2, 0.25) is 0 Å². The van der Waals surface area contributed by atoms with E-state index >= 15 is 0 Å². The molecule has 3 amide bonds. The van der Waals surface area contributed by atoms with Gasteiger partial charge in [0.15, 0.2) is 0 Å². The van der Waals surface area contributed by atoms with Crippen molar-refractivity contribution in [2.75, 3.05) is 18.6 Å². The Morgan fingerprint density at radius 2 is 2.00 bits per heavy atom. The Morgan fingerprint density at radius 3 is 2.48 bits per heavy atom. The molecule has 1 aliphatic rings. The van der Waals surface area contributed by atoms with Gasteiger partial charge in [0.25, 0.3) is 0 Å². The minimum Gasteiger partial charge on any atom is -0.480 e. The lowest BCUT2D eigenvalue weighted by Gasteiger charge is -2.29. The van der Waals surface area contributed by atoms with Crippen molar-refractivity contribution in [1.29, 1.82) is 0 Å². The van der Waals surface area contributed by atoms with E-state index in [1.54, 1.807) is 0 Å². The molecule has 1 rings (SSSR count). The molecule has 0 saturated heterocycles. The van der Waals surface area contributed by atoms with E-state index in [-0.39, 0.29) is 12.6 Å². The van der Waals surface area contributed by atoms with E-state index in [1.165, 1.54) is 16.7 Å². The summed E-state index contributed by atoms with van der Waals surface area (Å²) in [6.07, 6.45) is 5.87. The average Bonchev–Trinajstić information content (AvgIpc) is 2.93. The van der Waals surface area contributed by atoms with E-state index in [1.807, 2.05) is 6.26 Å². The molecule has 0 aromatic carbocycles. The second kappa shape index (κ2) is 8.76. The van der Waals surface area contributed by atoms with Crippen molar-refractivity contribution < 1.29 is 19.5 Å². The number of carbonyl (C=O) groups is 3. The van der Waals surface area contributed by atoms with Crippen molar-refractivity contribution in [2.45, 2.75) is 44.2 Å². The predicted octanol–water partition coefficient (Wildman–Crippen LogP) is 0.632. The number of thioether (sulfide) groups is 1. The molecule has 4 N–H and O–H groups in total. The van der Waals surface area contributed by atoms with Gasteiger partial charge < -0.3 is 21.1 Å². The van der Waals surface area contributed by atoms with Crippen LogP contribution in [-0.2, 0) is 9.59 Å². The van der Waals surface area contributed by atoms with E-state index in [9.17, 15) is 14.4 Å². The normalized spacial score (nSPS) is 16.4. The number of hydrogen-bond acceptors (Lipinski definition) is 4. The minimum absolute atomic E-state index is 0.0347. The van der Waals surface area contributed by atoms with Gasteiger partial charge in [-0.25, -0.2) is 9.59 Å². The summed E-state index contributed by atoms with van der Waals surface area (Å²) in [5, 5.41) is 11.6. The fourth-order valence-electron chi connectivity index (χ4n) is 2.48. The van der Waals surface area contributed by atoms with Crippen molar-refractivity contribution in [2.24, 2.45) is 5.73 Å². The van der Waals surface area contributed by atoms with Gasteiger partial charge in [-0.1, -0.05) is 12.8 Å². The maximum Gasteiger partial charge on any atom is 0.326 e. The standard InChI is InChI=1S/C13H23N3O4S/c1-21-7-6-10(12(18)19)15-13(20)16(8-11(14)17)9-4-2-3-5-9/h9-10H,2-8H2,1H3,(H2,14,17)(H,15,20)(H,18,19). The highest BCUT2D eigenvalue weighted by Crippen LogP contribution is 2.23. The number of carboxylic acid groups (broad SMARTS) is 1. The molecule has 0 aromatic heterocycles. The van der Waals surface area contributed by atoms with Crippen LogP contribution in [0.1, 0.15) is 32.1 Å². The Balaban J connectivity index is 2.68. The highest BCUT2D eigenvalue weighted by atomic mass is 32.2. The zero-order valence-corrected chi connectivity index (χ0v) is 13.0. The summed E-state index contributed by atoms with van der Waals surface area (Å²) in [6, 6.07) is -1.50. The number of nitrogens with one attached hydrogen (secondary N) is 1. The van der Waals surface area contributed by atoms with Crippen molar-refractivity contribution >= 4 is 29.7 Å². The molecule has 8 heteroatoms. The van der Waals surface area contributed by atoms with Gasteiger partial charge in [-0.05, 0) is 31.3 Å². The maximum atomic E-state index is 12.3. The largest absolute Gasteiger partial charge is 0.480 e. The third kappa shape index (κ3) is 5.82. The quantitative estimate of drug-likeness (QED) is 0.608. The van der Waals surface area contributed by atoms with Crippen LogP contribution in [0.25, 0.3) is 0 Å². The number of hydrogen-bond donors (Lipinski definition) is 3. The van der Waals surface area contributed by atoms with Crippen LogP contribution in [0, 0.1) is 0 Å². The molecule has 1 saturated carbocycles. The van der Waals surface area contributed by atoms with Crippen LogP contribution in [0.5, 0.6) is 0 Å². The smallest absolute Gasteiger partial charge is 0.326 e. The monoisotopic (exact) mass is 317 g/mol. The fourth-order valence-corrected chi connectivity index (χ4v) is 2.95. The second-order valence-corrected chi connectivity index (χ2v) is 6.14. The highest BCUT2D eigenvalue weighted by molar-refractivity contribution is 7.98. The van der Waals surface area contributed by atoms with Gasteiger partial charge in [0.1, 0.15) is 12.6 Å². The molecule has 120 valence electrons.